The van der Waals surface area contributed by atoms with E-state index in [9.17, 15) is 14.4 Å². The second-order valence-electron chi connectivity index (χ2n) is 7.45. The highest BCUT2D eigenvalue weighted by Crippen LogP contribution is 2.15. The molecule has 0 spiro atoms. The maximum Gasteiger partial charge on any atom is 0.259 e. The zero-order valence-corrected chi connectivity index (χ0v) is 17.9. The second-order valence-corrected chi connectivity index (χ2v) is 8.40. The Morgan fingerprint density at radius 3 is 2.57 bits per heavy atom. The fourth-order valence-electron chi connectivity index (χ4n) is 3.75. The first-order chi connectivity index (χ1) is 14.5. The number of nitrogens with zero attached hydrogens (tertiary/aromatic N) is 4. The molecule has 1 aliphatic heterocycles. The second kappa shape index (κ2) is 8.49. The first kappa shape index (κ1) is 20.4. The molecule has 0 saturated carbocycles. The van der Waals surface area contributed by atoms with Crippen molar-refractivity contribution in [2.75, 3.05) is 32.7 Å². The van der Waals surface area contributed by atoms with Crippen LogP contribution in [0.3, 0.4) is 0 Å². The molecule has 1 saturated heterocycles. The molecule has 0 aromatic carbocycles. The van der Waals surface area contributed by atoms with Gasteiger partial charge in [0.15, 0.2) is 5.78 Å². The average molecular weight is 425 g/mol. The maximum absolute atomic E-state index is 13.1. The molecule has 30 heavy (non-hydrogen) atoms. The van der Waals surface area contributed by atoms with Crippen molar-refractivity contribution in [1.29, 1.82) is 0 Å². The van der Waals surface area contributed by atoms with Gasteiger partial charge in [-0.15, -0.1) is 11.3 Å². The van der Waals surface area contributed by atoms with Gasteiger partial charge in [-0.25, -0.2) is 4.98 Å². The van der Waals surface area contributed by atoms with Gasteiger partial charge in [0.05, 0.1) is 16.8 Å². The Morgan fingerprint density at radius 2 is 1.90 bits per heavy atom. The number of hydrogen-bond donors (Lipinski definition) is 0. The number of piperazine rings is 1. The van der Waals surface area contributed by atoms with Crippen LogP contribution >= 0.6 is 11.3 Å². The first-order valence-corrected chi connectivity index (χ1v) is 10.9. The van der Waals surface area contributed by atoms with Crippen LogP contribution in [0.1, 0.15) is 32.6 Å². The minimum Gasteiger partial charge on any atom is -0.336 e. The van der Waals surface area contributed by atoms with E-state index >= 15 is 0 Å². The predicted molar refractivity (Wildman–Crippen MR) is 117 cm³/mol. The van der Waals surface area contributed by atoms with Gasteiger partial charge in [-0.1, -0.05) is 6.07 Å². The highest BCUT2D eigenvalue weighted by atomic mass is 32.1. The molecule has 4 heterocycles. The fourth-order valence-corrected chi connectivity index (χ4v) is 4.41. The lowest BCUT2D eigenvalue weighted by Crippen LogP contribution is -2.50. The number of Topliss-reactive ketones (excluding diaryl/α,β-unsaturated/α-hetero) is 1. The van der Waals surface area contributed by atoms with Crippen LogP contribution in [0.5, 0.6) is 0 Å². The summed E-state index contributed by atoms with van der Waals surface area (Å²) in [5, 5.41) is 2.36. The summed E-state index contributed by atoms with van der Waals surface area (Å²) in [5.74, 6) is -0.151. The van der Waals surface area contributed by atoms with Crippen LogP contribution in [0.2, 0.25) is 0 Å². The molecule has 0 N–H and O–H groups in total. The van der Waals surface area contributed by atoms with Crippen LogP contribution in [0.15, 0.2) is 40.6 Å². The van der Waals surface area contributed by atoms with Crippen molar-refractivity contribution < 1.29 is 9.59 Å². The lowest BCUT2D eigenvalue weighted by atomic mass is 10.1. The number of aryl methyl sites for hydroxylation is 2. The number of amides is 1. The third-order valence-corrected chi connectivity index (χ3v) is 6.37. The highest BCUT2D eigenvalue weighted by molar-refractivity contribution is 7.12. The molecular formula is C22H24N4O3S. The van der Waals surface area contributed by atoms with E-state index in [1.54, 1.807) is 23.2 Å². The third-order valence-electron chi connectivity index (χ3n) is 5.45. The lowest BCUT2D eigenvalue weighted by molar-refractivity contribution is 0.0623. The molecule has 1 fully saturated rings. The molecule has 0 aliphatic carbocycles. The zero-order valence-electron chi connectivity index (χ0n) is 17.1. The fraction of sp³-hybridized carbons (Fsp3) is 0.364. The number of rotatable bonds is 5. The quantitative estimate of drug-likeness (QED) is 0.588. The Kier molecular flexibility index (Phi) is 5.78. The van der Waals surface area contributed by atoms with Crippen LogP contribution in [-0.4, -0.2) is 63.8 Å². The van der Waals surface area contributed by atoms with E-state index in [1.807, 2.05) is 35.9 Å². The van der Waals surface area contributed by atoms with Gasteiger partial charge in [-0.3, -0.25) is 19.3 Å². The van der Waals surface area contributed by atoms with Gasteiger partial charge in [0.25, 0.3) is 5.91 Å². The number of pyridine rings is 2. The summed E-state index contributed by atoms with van der Waals surface area (Å²) < 4.78 is 1.85. The van der Waals surface area contributed by atoms with Gasteiger partial charge in [0, 0.05) is 44.6 Å². The molecular weight excluding hydrogens is 400 g/mol. The zero-order chi connectivity index (χ0) is 21.3. The predicted octanol–water partition coefficient (Wildman–Crippen LogP) is 2.43. The summed E-state index contributed by atoms with van der Waals surface area (Å²) in [6.07, 6.45) is 1.63. The number of carbonyl (C=O) groups is 2. The Hall–Kier alpha value is -2.84. The molecule has 3 aromatic rings. The van der Waals surface area contributed by atoms with Gasteiger partial charge >= 0.3 is 0 Å². The van der Waals surface area contributed by atoms with E-state index in [1.165, 1.54) is 11.3 Å². The summed E-state index contributed by atoms with van der Waals surface area (Å²) >= 11 is 1.45. The largest absolute Gasteiger partial charge is 0.336 e. The Labute approximate surface area is 178 Å². The molecule has 0 atom stereocenters. The highest BCUT2D eigenvalue weighted by Gasteiger charge is 2.26. The molecule has 0 bridgehead atoms. The Morgan fingerprint density at radius 1 is 1.13 bits per heavy atom. The van der Waals surface area contributed by atoms with E-state index in [2.05, 4.69) is 9.88 Å². The summed E-state index contributed by atoms with van der Waals surface area (Å²) in [7, 11) is 0. The maximum atomic E-state index is 13.1. The van der Waals surface area contributed by atoms with Crippen molar-refractivity contribution in [3.8, 4) is 0 Å². The number of carbonyl (C=O) groups excluding carboxylic acids is 2. The molecule has 1 amide bonds. The summed E-state index contributed by atoms with van der Waals surface area (Å²) in [5.41, 5.74) is 1.34. The molecule has 4 rings (SSSR count). The van der Waals surface area contributed by atoms with Crippen LogP contribution in [-0.2, 0) is 6.54 Å². The number of aromatic nitrogens is 2. The topological polar surface area (TPSA) is 75.5 Å². The number of hydrogen-bond acceptors (Lipinski definition) is 6. The lowest BCUT2D eigenvalue weighted by Gasteiger charge is -2.34. The SMILES string of the molecule is CCn1cc(C(=O)N2CCN(CC(=O)c3cccs3)CC2)c(=O)c2ccc(C)nc21. The van der Waals surface area contributed by atoms with Gasteiger partial charge in [-0.2, -0.15) is 0 Å². The molecule has 156 valence electrons. The summed E-state index contributed by atoms with van der Waals surface area (Å²) in [6.45, 7) is 7.02. The van der Waals surface area contributed by atoms with E-state index < -0.39 is 0 Å². The van der Waals surface area contributed by atoms with E-state index in [0.29, 0.717) is 50.3 Å². The summed E-state index contributed by atoms with van der Waals surface area (Å²) in [6, 6.07) is 7.25. The van der Waals surface area contributed by atoms with Crippen molar-refractivity contribution >= 4 is 34.1 Å². The molecule has 0 radical (unpaired) electrons. The van der Waals surface area contributed by atoms with Gasteiger partial charge in [0.1, 0.15) is 11.2 Å². The number of thiophene rings is 1. The smallest absolute Gasteiger partial charge is 0.259 e. The van der Waals surface area contributed by atoms with Gasteiger partial charge < -0.3 is 9.47 Å². The standard InChI is InChI=1S/C22H24N4O3S/c1-3-25-13-17(20(28)16-7-6-15(2)23-21(16)25)22(29)26-10-8-24(9-11-26)14-18(27)19-5-4-12-30-19/h4-7,12-13H,3,8-11,14H2,1-2H3. The first-order valence-electron chi connectivity index (χ1n) is 10.1. The summed E-state index contributed by atoms with van der Waals surface area (Å²) in [4.78, 5) is 47.4. The minimum atomic E-state index is -0.275. The number of ketones is 1. The molecule has 0 unspecified atom stereocenters. The van der Waals surface area contributed by atoms with Crippen LogP contribution < -0.4 is 5.43 Å². The average Bonchev–Trinajstić information content (AvgIpc) is 3.29. The monoisotopic (exact) mass is 424 g/mol. The molecule has 1 aliphatic rings. The van der Waals surface area contributed by atoms with Crippen LogP contribution in [0.25, 0.3) is 11.0 Å². The molecule has 7 nitrogen and oxygen atoms in total. The molecule has 3 aromatic heterocycles. The van der Waals surface area contributed by atoms with Crippen molar-refractivity contribution in [1.82, 2.24) is 19.4 Å². The van der Waals surface area contributed by atoms with E-state index in [-0.39, 0.29) is 22.7 Å². The van der Waals surface area contributed by atoms with E-state index in [0.717, 1.165) is 10.6 Å². The molecule has 8 heteroatoms. The van der Waals surface area contributed by atoms with Crippen molar-refractivity contribution in [2.24, 2.45) is 0 Å². The van der Waals surface area contributed by atoms with Crippen LogP contribution in [0.4, 0.5) is 0 Å². The van der Waals surface area contributed by atoms with Crippen LogP contribution in [0, 0.1) is 6.92 Å². The Bertz CT molecular complexity index is 1150. The van der Waals surface area contributed by atoms with Gasteiger partial charge in [-0.05, 0) is 37.4 Å². The van der Waals surface area contributed by atoms with Crippen molar-refractivity contribution in [2.45, 2.75) is 20.4 Å². The van der Waals surface area contributed by atoms with Crippen molar-refractivity contribution in [3.05, 3.63) is 62.2 Å². The third kappa shape index (κ3) is 3.93. The van der Waals surface area contributed by atoms with Gasteiger partial charge in [0.2, 0.25) is 5.43 Å². The number of fused-ring (bicyclic) bond motifs is 1. The Balaban J connectivity index is 1.50. The van der Waals surface area contributed by atoms with E-state index in [4.69, 9.17) is 0 Å². The van der Waals surface area contributed by atoms with Crippen molar-refractivity contribution in [3.63, 3.8) is 0 Å². The normalized spacial score (nSPS) is 14.9. The minimum absolute atomic E-state index is 0.105.